The second kappa shape index (κ2) is 10.4. The first-order valence-electron chi connectivity index (χ1n) is 8.10. The van der Waals surface area contributed by atoms with E-state index >= 15 is 0 Å². The van der Waals surface area contributed by atoms with Crippen LogP contribution in [0.3, 0.4) is 0 Å². The number of hydrogen-bond donors (Lipinski definition) is 2. The minimum atomic E-state index is -1.55. The third-order valence-electron chi connectivity index (χ3n) is 3.21. The van der Waals surface area contributed by atoms with E-state index in [0.29, 0.717) is 0 Å². The van der Waals surface area contributed by atoms with Crippen LogP contribution in [0.2, 0.25) is 0 Å². The lowest BCUT2D eigenvalue weighted by atomic mass is 9.99. The van der Waals surface area contributed by atoms with E-state index in [1.54, 1.807) is 0 Å². The monoisotopic (exact) mass is 395 g/mol. The molecule has 0 saturated carbocycles. The molecule has 0 bridgehead atoms. The maximum absolute atomic E-state index is 14.1. The van der Waals surface area contributed by atoms with E-state index in [4.69, 9.17) is 4.74 Å². The molecule has 0 saturated heterocycles. The summed E-state index contributed by atoms with van der Waals surface area (Å²) in [7, 11) is -0.223. The van der Waals surface area contributed by atoms with Gasteiger partial charge in [-0.05, 0) is 35.9 Å². The third-order valence-corrected chi connectivity index (χ3v) is 3.68. The van der Waals surface area contributed by atoms with Gasteiger partial charge in [0.25, 0.3) is 5.91 Å². The highest BCUT2D eigenvalue weighted by molar-refractivity contribution is 7.82. The number of amides is 1. The molecule has 2 N–H and O–H groups in total. The average Bonchev–Trinajstić information content (AvgIpc) is 2.61. The number of halogens is 1. The molecule has 6 nitrogen and oxygen atoms in total. The van der Waals surface area contributed by atoms with Crippen LogP contribution in [0.1, 0.15) is 41.0 Å². The Morgan fingerprint density at radius 1 is 1.19 bits per heavy atom. The number of carboxylic acids is 1. The maximum atomic E-state index is 14.1. The molecule has 0 heterocycles. The molecule has 2 aromatic carbocycles. The SMILES string of the molecule is CCC.COc1ccc(-c2cc(C(=O)NS(C)=O)ccc2F)cc1C(=O)O. The number of methoxy groups -OCH3 is 1. The smallest absolute Gasteiger partial charge is 0.339 e. The Morgan fingerprint density at radius 2 is 1.81 bits per heavy atom. The van der Waals surface area contributed by atoms with Gasteiger partial charge in [-0.15, -0.1) is 0 Å². The van der Waals surface area contributed by atoms with Crippen LogP contribution in [0.5, 0.6) is 5.75 Å². The summed E-state index contributed by atoms with van der Waals surface area (Å²) in [6, 6.07) is 7.77. The Kier molecular flexibility index (Phi) is 8.61. The van der Waals surface area contributed by atoms with Crippen LogP contribution in [0, 0.1) is 5.82 Å². The lowest BCUT2D eigenvalue weighted by Crippen LogP contribution is -2.24. The average molecular weight is 395 g/mol. The van der Waals surface area contributed by atoms with Crippen molar-refractivity contribution >= 4 is 22.9 Å². The minimum absolute atomic E-state index is 0.0506. The molecular weight excluding hydrogens is 373 g/mol. The topological polar surface area (TPSA) is 92.7 Å². The lowest BCUT2D eigenvalue weighted by molar-refractivity contribution is 0.0693. The first-order valence-corrected chi connectivity index (χ1v) is 9.66. The summed E-state index contributed by atoms with van der Waals surface area (Å²) in [5.74, 6) is -2.32. The molecule has 0 aromatic heterocycles. The Balaban J connectivity index is 0.00000114. The summed E-state index contributed by atoms with van der Waals surface area (Å²) in [6.07, 6.45) is 2.55. The van der Waals surface area contributed by atoms with Gasteiger partial charge in [0.1, 0.15) is 28.1 Å². The predicted octanol–water partition coefficient (Wildman–Crippen LogP) is 3.64. The van der Waals surface area contributed by atoms with Crippen molar-refractivity contribution in [3.05, 3.63) is 53.3 Å². The van der Waals surface area contributed by atoms with Crippen molar-refractivity contribution in [2.24, 2.45) is 0 Å². The fourth-order valence-corrected chi connectivity index (χ4v) is 2.50. The van der Waals surface area contributed by atoms with Gasteiger partial charge in [-0.3, -0.25) is 9.52 Å². The Bertz CT molecular complexity index is 854. The molecule has 0 radical (unpaired) electrons. The van der Waals surface area contributed by atoms with Crippen LogP contribution < -0.4 is 9.46 Å². The number of carbonyl (C=O) groups is 2. The van der Waals surface area contributed by atoms with E-state index in [1.165, 1.54) is 50.1 Å². The van der Waals surface area contributed by atoms with Crippen molar-refractivity contribution in [3.8, 4) is 16.9 Å². The van der Waals surface area contributed by atoms with E-state index in [2.05, 4.69) is 18.6 Å². The highest BCUT2D eigenvalue weighted by Crippen LogP contribution is 2.29. The molecule has 1 unspecified atom stereocenters. The van der Waals surface area contributed by atoms with Gasteiger partial charge in [0.05, 0.1) is 7.11 Å². The predicted molar refractivity (Wildman–Crippen MR) is 103 cm³/mol. The molecule has 0 aliphatic heterocycles. The van der Waals surface area contributed by atoms with Crippen molar-refractivity contribution < 1.29 is 28.0 Å². The zero-order chi connectivity index (χ0) is 20.6. The normalized spacial score (nSPS) is 11.0. The molecule has 27 heavy (non-hydrogen) atoms. The van der Waals surface area contributed by atoms with Crippen LogP contribution in [0.15, 0.2) is 36.4 Å². The Labute approximate surface area is 160 Å². The summed E-state index contributed by atoms with van der Waals surface area (Å²) < 4.78 is 32.4. The zero-order valence-corrected chi connectivity index (χ0v) is 16.4. The van der Waals surface area contributed by atoms with Crippen molar-refractivity contribution in [1.29, 1.82) is 0 Å². The van der Waals surface area contributed by atoms with E-state index in [-0.39, 0.29) is 28.0 Å². The van der Waals surface area contributed by atoms with Gasteiger partial charge in [-0.1, -0.05) is 26.3 Å². The fraction of sp³-hybridized carbons (Fsp3) is 0.263. The van der Waals surface area contributed by atoms with Crippen molar-refractivity contribution in [2.45, 2.75) is 20.3 Å². The minimum Gasteiger partial charge on any atom is -0.496 e. The number of rotatable bonds is 5. The van der Waals surface area contributed by atoms with Crippen LogP contribution >= 0.6 is 0 Å². The van der Waals surface area contributed by atoms with Gasteiger partial charge < -0.3 is 9.84 Å². The lowest BCUT2D eigenvalue weighted by Gasteiger charge is -2.10. The Morgan fingerprint density at radius 3 is 2.33 bits per heavy atom. The van der Waals surface area contributed by atoms with Crippen molar-refractivity contribution in [3.63, 3.8) is 0 Å². The maximum Gasteiger partial charge on any atom is 0.339 e. The van der Waals surface area contributed by atoms with E-state index < -0.39 is 28.7 Å². The van der Waals surface area contributed by atoms with Crippen molar-refractivity contribution in [1.82, 2.24) is 4.72 Å². The highest BCUT2D eigenvalue weighted by atomic mass is 32.2. The molecule has 1 atom stereocenters. The van der Waals surface area contributed by atoms with Gasteiger partial charge in [-0.25, -0.2) is 13.4 Å². The van der Waals surface area contributed by atoms with Crippen LogP contribution in [-0.4, -0.2) is 34.6 Å². The quantitative estimate of drug-likeness (QED) is 0.806. The van der Waals surface area contributed by atoms with Crippen LogP contribution in [0.4, 0.5) is 4.39 Å². The second-order valence-corrected chi connectivity index (χ2v) is 6.62. The molecule has 0 aliphatic carbocycles. The molecule has 0 fully saturated rings. The first kappa shape index (κ1) is 22.3. The number of carbonyl (C=O) groups excluding carboxylic acids is 1. The number of hydrogen-bond acceptors (Lipinski definition) is 4. The fourth-order valence-electron chi connectivity index (χ4n) is 2.12. The molecule has 146 valence electrons. The molecule has 1 amide bonds. The van der Waals surface area contributed by atoms with Gasteiger partial charge in [0.15, 0.2) is 0 Å². The standard InChI is InChI=1S/C16H14FNO5S.C3H8/c1-23-14-6-4-9(7-12(14)16(20)21)11-8-10(3-5-13(11)17)15(19)18-24(2)22;1-3-2/h3-8H,1-2H3,(H,18,19)(H,20,21);3H2,1-2H3. The number of nitrogens with one attached hydrogen (secondary N) is 1. The van der Waals surface area contributed by atoms with Crippen molar-refractivity contribution in [2.75, 3.05) is 13.4 Å². The summed E-state index contributed by atoms with van der Waals surface area (Å²) in [5, 5.41) is 9.21. The van der Waals surface area contributed by atoms with E-state index in [0.717, 1.165) is 6.07 Å². The van der Waals surface area contributed by atoms with Crippen LogP contribution in [-0.2, 0) is 11.0 Å². The number of ether oxygens (including phenoxy) is 1. The summed E-state index contributed by atoms with van der Waals surface area (Å²) in [5.41, 5.74) is 0.306. The van der Waals surface area contributed by atoms with Gasteiger partial charge in [0.2, 0.25) is 0 Å². The van der Waals surface area contributed by atoms with Crippen LogP contribution in [0.25, 0.3) is 11.1 Å². The molecular formula is C19H22FNO5S. The Hall–Kier alpha value is -2.74. The molecule has 0 aliphatic rings. The highest BCUT2D eigenvalue weighted by Gasteiger charge is 2.16. The summed E-state index contributed by atoms with van der Waals surface area (Å²) >= 11 is 0. The number of carboxylic acid groups (broad SMARTS) is 1. The number of aromatic carboxylic acids is 1. The number of benzene rings is 2. The zero-order valence-electron chi connectivity index (χ0n) is 15.5. The molecule has 2 aromatic rings. The summed E-state index contributed by atoms with van der Waals surface area (Å²) in [6.45, 7) is 4.25. The van der Waals surface area contributed by atoms with E-state index in [1.807, 2.05) is 0 Å². The van der Waals surface area contributed by atoms with Gasteiger partial charge in [-0.2, -0.15) is 0 Å². The second-order valence-electron chi connectivity index (χ2n) is 5.51. The molecule has 2 rings (SSSR count). The van der Waals surface area contributed by atoms with Gasteiger partial charge >= 0.3 is 5.97 Å². The molecule has 8 heteroatoms. The first-order chi connectivity index (χ1) is 12.7. The summed E-state index contributed by atoms with van der Waals surface area (Å²) in [4.78, 5) is 23.2. The third kappa shape index (κ3) is 6.18. The molecule has 0 spiro atoms. The largest absolute Gasteiger partial charge is 0.496 e. The van der Waals surface area contributed by atoms with E-state index in [9.17, 15) is 23.3 Å². The van der Waals surface area contributed by atoms with Gasteiger partial charge in [0, 0.05) is 17.4 Å².